The van der Waals surface area contributed by atoms with Gasteiger partial charge >= 0.3 is 0 Å². The highest BCUT2D eigenvalue weighted by atomic mass is 32.2. The van der Waals surface area contributed by atoms with Crippen molar-refractivity contribution in [2.75, 3.05) is 16.9 Å². The van der Waals surface area contributed by atoms with Crippen molar-refractivity contribution in [1.82, 2.24) is 19.9 Å². The first kappa shape index (κ1) is 22.3. The number of anilines is 3. The highest BCUT2D eigenvalue weighted by molar-refractivity contribution is 7.90. The number of nitrogens with zero attached hydrogens (tertiary/aromatic N) is 4. The van der Waals surface area contributed by atoms with Crippen LogP contribution in [0.1, 0.15) is 18.5 Å². The van der Waals surface area contributed by atoms with Crippen LogP contribution in [0, 0.1) is 5.82 Å². The van der Waals surface area contributed by atoms with E-state index in [1.807, 2.05) is 6.92 Å². The summed E-state index contributed by atoms with van der Waals surface area (Å²) in [5.41, 5.74) is 1.98. The Hall–Kier alpha value is -3.92. The predicted molar refractivity (Wildman–Crippen MR) is 124 cm³/mol. The summed E-state index contributed by atoms with van der Waals surface area (Å²) in [6.45, 7) is 1.91. The first-order valence-corrected chi connectivity index (χ1v) is 11.9. The summed E-state index contributed by atoms with van der Waals surface area (Å²) in [5, 5.41) is 6.31. The van der Waals surface area contributed by atoms with Gasteiger partial charge in [0.05, 0.1) is 22.8 Å². The van der Waals surface area contributed by atoms with Crippen LogP contribution in [0.4, 0.5) is 22.0 Å². The van der Waals surface area contributed by atoms with Crippen molar-refractivity contribution in [3.05, 3.63) is 84.6 Å². The molecule has 2 N–H and O–H groups in total. The van der Waals surface area contributed by atoms with Crippen LogP contribution in [0.2, 0.25) is 0 Å². The molecule has 168 valence electrons. The molecule has 8 nitrogen and oxygen atoms in total. The van der Waals surface area contributed by atoms with Crippen molar-refractivity contribution in [1.29, 1.82) is 0 Å². The van der Waals surface area contributed by atoms with E-state index in [0.717, 1.165) is 11.8 Å². The molecular formula is C23H21FN6O2S. The van der Waals surface area contributed by atoms with Crippen molar-refractivity contribution in [2.24, 2.45) is 0 Å². The standard InChI is InChI=1S/C23H21FN6O2S/c1-15(16-6-8-18(24)9-7-16)27-23-28-20(17-4-3-5-19(12-17)33(2,31)32)13-21(30-23)29-22-14-25-10-11-26-22/h3-15H,1-2H3,(H2,26,27,28,29,30)/t15-/m0/s1. The zero-order valence-electron chi connectivity index (χ0n) is 17.9. The van der Waals surface area contributed by atoms with Gasteiger partial charge in [0.15, 0.2) is 9.84 Å². The minimum Gasteiger partial charge on any atom is -0.348 e. The third kappa shape index (κ3) is 5.66. The molecule has 0 saturated carbocycles. The smallest absolute Gasteiger partial charge is 0.225 e. The van der Waals surface area contributed by atoms with Gasteiger partial charge in [0.25, 0.3) is 0 Å². The molecule has 10 heteroatoms. The molecule has 0 aliphatic carbocycles. The predicted octanol–water partition coefficient (Wildman–Crippen LogP) is 4.39. The van der Waals surface area contributed by atoms with Gasteiger partial charge in [-0.1, -0.05) is 24.3 Å². The van der Waals surface area contributed by atoms with E-state index in [1.165, 1.54) is 18.2 Å². The molecule has 33 heavy (non-hydrogen) atoms. The van der Waals surface area contributed by atoms with Crippen LogP contribution in [0.3, 0.4) is 0 Å². The molecule has 0 aliphatic rings. The third-order valence-corrected chi connectivity index (χ3v) is 5.93. The lowest BCUT2D eigenvalue weighted by atomic mass is 10.1. The second kappa shape index (κ2) is 9.29. The quantitative estimate of drug-likeness (QED) is 0.414. The maximum Gasteiger partial charge on any atom is 0.225 e. The number of aromatic nitrogens is 4. The summed E-state index contributed by atoms with van der Waals surface area (Å²) < 4.78 is 37.3. The van der Waals surface area contributed by atoms with Crippen molar-refractivity contribution >= 4 is 27.4 Å². The lowest BCUT2D eigenvalue weighted by Crippen LogP contribution is -2.11. The maximum atomic E-state index is 13.3. The van der Waals surface area contributed by atoms with Crippen LogP contribution in [0.5, 0.6) is 0 Å². The Labute approximate surface area is 190 Å². The Morgan fingerprint density at radius 1 is 0.970 bits per heavy atom. The number of hydrogen-bond donors (Lipinski definition) is 2. The molecule has 0 bridgehead atoms. The van der Waals surface area contributed by atoms with E-state index in [9.17, 15) is 12.8 Å². The van der Waals surface area contributed by atoms with E-state index in [4.69, 9.17) is 0 Å². The van der Waals surface area contributed by atoms with E-state index in [1.54, 1.807) is 55.0 Å². The summed E-state index contributed by atoms with van der Waals surface area (Å²) in [4.78, 5) is 17.5. The summed E-state index contributed by atoms with van der Waals surface area (Å²) in [7, 11) is -3.38. The zero-order chi connectivity index (χ0) is 23.4. The van der Waals surface area contributed by atoms with E-state index in [-0.39, 0.29) is 16.8 Å². The summed E-state index contributed by atoms with van der Waals surface area (Å²) >= 11 is 0. The highest BCUT2D eigenvalue weighted by Gasteiger charge is 2.14. The molecule has 0 amide bonds. The topological polar surface area (TPSA) is 110 Å². The molecule has 4 aromatic rings. The Bertz CT molecular complexity index is 1370. The van der Waals surface area contributed by atoms with Crippen LogP contribution < -0.4 is 10.6 Å². The number of halogens is 1. The van der Waals surface area contributed by atoms with Gasteiger partial charge in [-0.25, -0.2) is 22.8 Å². The fourth-order valence-electron chi connectivity index (χ4n) is 3.13. The van der Waals surface area contributed by atoms with Gasteiger partial charge in [-0.05, 0) is 36.8 Å². The molecule has 0 aliphatic heterocycles. The van der Waals surface area contributed by atoms with Gasteiger partial charge in [-0.15, -0.1) is 0 Å². The van der Waals surface area contributed by atoms with Crippen molar-refractivity contribution in [3.8, 4) is 11.3 Å². The Morgan fingerprint density at radius 3 is 2.45 bits per heavy atom. The molecular weight excluding hydrogens is 443 g/mol. The second-order valence-electron chi connectivity index (χ2n) is 7.40. The van der Waals surface area contributed by atoms with Crippen LogP contribution in [0.15, 0.2) is 78.1 Å². The van der Waals surface area contributed by atoms with Crippen LogP contribution in [-0.4, -0.2) is 34.6 Å². The molecule has 0 saturated heterocycles. The monoisotopic (exact) mass is 464 g/mol. The minimum absolute atomic E-state index is 0.191. The third-order valence-electron chi connectivity index (χ3n) is 4.82. The average molecular weight is 465 g/mol. The number of rotatable bonds is 7. The number of nitrogens with one attached hydrogen (secondary N) is 2. The minimum atomic E-state index is -3.38. The molecule has 1 atom stereocenters. The largest absolute Gasteiger partial charge is 0.348 e. The molecule has 2 aromatic carbocycles. The fraction of sp³-hybridized carbons (Fsp3) is 0.130. The lowest BCUT2D eigenvalue weighted by Gasteiger charge is -2.16. The average Bonchev–Trinajstić information content (AvgIpc) is 2.79. The van der Waals surface area contributed by atoms with Gasteiger partial charge in [0.1, 0.15) is 17.5 Å². The van der Waals surface area contributed by atoms with Gasteiger partial charge < -0.3 is 10.6 Å². The molecule has 4 rings (SSSR count). The van der Waals surface area contributed by atoms with Crippen molar-refractivity contribution < 1.29 is 12.8 Å². The first-order valence-electron chi connectivity index (χ1n) is 10.0. The van der Waals surface area contributed by atoms with E-state index in [0.29, 0.717) is 28.8 Å². The number of sulfone groups is 1. The van der Waals surface area contributed by atoms with Gasteiger partial charge in [-0.2, -0.15) is 4.98 Å². The lowest BCUT2D eigenvalue weighted by molar-refractivity contribution is 0.602. The van der Waals surface area contributed by atoms with Crippen molar-refractivity contribution in [3.63, 3.8) is 0 Å². The molecule has 2 aromatic heterocycles. The van der Waals surface area contributed by atoms with Crippen LogP contribution in [0.25, 0.3) is 11.3 Å². The number of benzene rings is 2. The first-order chi connectivity index (χ1) is 15.8. The molecule has 0 radical (unpaired) electrons. The molecule has 0 fully saturated rings. The van der Waals surface area contributed by atoms with E-state index in [2.05, 4.69) is 30.6 Å². The van der Waals surface area contributed by atoms with Gasteiger partial charge in [0, 0.05) is 30.3 Å². The zero-order valence-corrected chi connectivity index (χ0v) is 18.7. The summed E-state index contributed by atoms with van der Waals surface area (Å²) in [6, 6.07) is 14.2. The van der Waals surface area contributed by atoms with E-state index < -0.39 is 9.84 Å². The summed E-state index contributed by atoms with van der Waals surface area (Å²) in [5.74, 6) is 0.925. The SMILES string of the molecule is C[C@H](Nc1nc(Nc2cnccn2)cc(-c2cccc(S(C)(=O)=O)c2)n1)c1ccc(F)cc1. The van der Waals surface area contributed by atoms with E-state index >= 15 is 0 Å². The fourth-order valence-corrected chi connectivity index (χ4v) is 3.80. The highest BCUT2D eigenvalue weighted by Crippen LogP contribution is 2.27. The maximum absolute atomic E-state index is 13.3. The summed E-state index contributed by atoms with van der Waals surface area (Å²) in [6.07, 6.45) is 5.82. The van der Waals surface area contributed by atoms with Gasteiger partial charge in [-0.3, -0.25) is 4.98 Å². The molecule has 0 unspecified atom stereocenters. The van der Waals surface area contributed by atoms with Gasteiger partial charge in [0.2, 0.25) is 5.95 Å². The Morgan fingerprint density at radius 2 is 1.76 bits per heavy atom. The Kier molecular flexibility index (Phi) is 6.27. The Balaban J connectivity index is 1.73. The molecule has 2 heterocycles. The second-order valence-corrected chi connectivity index (χ2v) is 9.41. The number of hydrogen-bond acceptors (Lipinski definition) is 8. The molecule has 0 spiro atoms. The normalized spacial score (nSPS) is 12.2. The van der Waals surface area contributed by atoms with Crippen molar-refractivity contribution in [2.45, 2.75) is 17.9 Å². The van der Waals surface area contributed by atoms with Crippen LogP contribution >= 0.6 is 0 Å². The van der Waals surface area contributed by atoms with Crippen LogP contribution in [-0.2, 0) is 9.84 Å².